The molecule has 0 spiro atoms. The SMILES string of the molecule is C[C@H](NC(=O)CCCCBr)c1ccc(Cl)cc1. The Morgan fingerprint density at radius 3 is 2.59 bits per heavy atom. The molecule has 2 nitrogen and oxygen atoms in total. The monoisotopic (exact) mass is 317 g/mol. The van der Waals surface area contributed by atoms with Gasteiger partial charge < -0.3 is 5.32 Å². The third-order valence-corrected chi connectivity index (χ3v) is 3.35. The number of unbranched alkanes of at least 4 members (excludes halogenated alkanes) is 1. The smallest absolute Gasteiger partial charge is 0.220 e. The highest BCUT2D eigenvalue weighted by molar-refractivity contribution is 9.09. The molecule has 0 saturated carbocycles. The van der Waals surface area contributed by atoms with E-state index >= 15 is 0 Å². The van der Waals surface area contributed by atoms with Crippen LogP contribution in [0.25, 0.3) is 0 Å². The van der Waals surface area contributed by atoms with Crippen molar-refractivity contribution < 1.29 is 4.79 Å². The zero-order valence-corrected chi connectivity index (χ0v) is 12.2. The van der Waals surface area contributed by atoms with Crippen LogP contribution >= 0.6 is 27.5 Å². The molecule has 17 heavy (non-hydrogen) atoms. The summed E-state index contributed by atoms with van der Waals surface area (Å²) in [5.74, 6) is 0.105. The maximum Gasteiger partial charge on any atom is 0.220 e. The Balaban J connectivity index is 2.40. The highest BCUT2D eigenvalue weighted by Gasteiger charge is 2.08. The number of halogens is 2. The van der Waals surface area contributed by atoms with Gasteiger partial charge in [0, 0.05) is 16.8 Å². The van der Waals surface area contributed by atoms with Crippen LogP contribution in [0.15, 0.2) is 24.3 Å². The van der Waals surface area contributed by atoms with Crippen molar-refractivity contribution in [3.8, 4) is 0 Å². The van der Waals surface area contributed by atoms with E-state index in [9.17, 15) is 4.79 Å². The molecule has 0 aliphatic rings. The second kappa shape index (κ2) is 7.72. The molecule has 4 heteroatoms. The van der Waals surface area contributed by atoms with Crippen molar-refractivity contribution in [1.29, 1.82) is 0 Å². The predicted octanol–water partition coefficient (Wildman–Crippen LogP) is 4.08. The van der Waals surface area contributed by atoms with Gasteiger partial charge in [0.2, 0.25) is 5.91 Å². The number of alkyl halides is 1. The summed E-state index contributed by atoms with van der Waals surface area (Å²) >= 11 is 9.16. The van der Waals surface area contributed by atoms with Crippen molar-refractivity contribution in [1.82, 2.24) is 5.32 Å². The van der Waals surface area contributed by atoms with Crippen LogP contribution in [0.1, 0.15) is 37.8 Å². The molecule has 0 heterocycles. The number of amides is 1. The highest BCUT2D eigenvalue weighted by Crippen LogP contribution is 2.16. The van der Waals surface area contributed by atoms with Gasteiger partial charge in [0.05, 0.1) is 6.04 Å². The predicted molar refractivity (Wildman–Crippen MR) is 75.7 cm³/mol. The zero-order chi connectivity index (χ0) is 12.7. The van der Waals surface area contributed by atoms with Crippen molar-refractivity contribution in [2.75, 3.05) is 5.33 Å². The minimum absolute atomic E-state index is 0.0312. The molecule has 1 N–H and O–H groups in total. The van der Waals surface area contributed by atoms with Gasteiger partial charge in [-0.15, -0.1) is 0 Å². The Morgan fingerprint density at radius 2 is 2.00 bits per heavy atom. The summed E-state index contributed by atoms with van der Waals surface area (Å²) in [5, 5.41) is 4.64. The molecule has 0 aliphatic carbocycles. The highest BCUT2D eigenvalue weighted by atomic mass is 79.9. The first-order valence-electron chi connectivity index (χ1n) is 5.74. The Hall–Kier alpha value is -0.540. The van der Waals surface area contributed by atoms with Crippen LogP contribution < -0.4 is 5.32 Å². The van der Waals surface area contributed by atoms with Gasteiger partial charge in [0.25, 0.3) is 0 Å². The summed E-state index contributed by atoms with van der Waals surface area (Å²) in [4.78, 5) is 11.6. The summed E-state index contributed by atoms with van der Waals surface area (Å²) in [6, 6.07) is 7.58. The van der Waals surface area contributed by atoms with E-state index in [4.69, 9.17) is 11.6 Å². The summed E-state index contributed by atoms with van der Waals surface area (Å²) in [7, 11) is 0. The van der Waals surface area contributed by atoms with Crippen LogP contribution in [0.2, 0.25) is 5.02 Å². The first-order valence-corrected chi connectivity index (χ1v) is 7.24. The number of nitrogens with one attached hydrogen (secondary N) is 1. The molecule has 1 amide bonds. The fourth-order valence-electron chi connectivity index (χ4n) is 1.53. The van der Waals surface area contributed by atoms with Gasteiger partial charge in [-0.1, -0.05) is 39.7 Å². The van der Waals surface area contributed by atoms with Crippen molar-refractivity contribution in [3.63, 3.8) is 0 Å². The number of hydrogen-bond donors (Lipinski definition) is 1. The van der Waals surface area contributed by atoms with Crippen LogP contribution in [-0.4, -0.2) is 11.2 Å². The Bertz CT molecular complexity index is 353. The first-order chi connectivity index (χ1) is 8.13. The normalized spacial score (nSPS) is 12.2. The molecule has 0 saturated heterocycles. The molecule has 0 bridgehead atoms. The van der Waals surface area contributed by atoms with Crippen molar-refractivity contribution in [3.05, 3.63) is 34.9 Å². The average molecular weight is 319 g/mol. The Kier molecular flexibility index (Phi) is 6.60. The van der Waals surface area contributed by atoms with Crippen molar-refractivity contribution in [2.24, 2.45) is 0 Å². The fraction of sp³-hybridized carbons (Fsp3) is 0.462. The van der Waals surface area contributed by atoms with E-state index < -0.39 is 0 Å². The quantitative estimate of drug-likeness (QED) is 0.621. The van der Waals surface area contributed by atoms with Gasteiger partial charge in [0.15, 0.2) is 0 Å². The van der Waals surface area contributed by atoms with E-state index in [0.29, 0.717) is 11.4 Å². The van der Waals surface area contributed by atoms with Gasteiger partial charge in [-0.25, -0.2) is 0 Å². The second-order valence-corrected chi connectivity index (χ2v) is 5.22. The minimum Gasteiger partial charge on any atom is -0.350 e. The second-order valence-electron chi connectivity index (χ2n) is 3.99. The van der Waals surface area contributed by atoms with Crippen LogP contribution in [0.4, 0.5) is 0 Å². The molecule has 1 atom stereocenters. The molecule has 1 aromatic carbocycles. The summed E-state index contributed by atoms with van der Waals surface area (Å²) in [6.07, 6.45) is 2.54. The van der Waals surface area contributed by atoms with Crippen LogP contribution in [0, 0.1) is 0 Å². The van der Waals surface area contributed by atoms with Crippen LogP contribution in [0.5, 0.6) is 0 Å². The number of carbonyl (C=O) groups excluding carboxylic acids is 1. The van der Waals surface area contributed by atoms with E-state index in [1.165, 1.54) is 0 Å². The average Bonchev–Trinajstić information content (AvgIpc) is 2.30. The zero-order valence-electron chi connectivity index (χ0n) is 9.88. The summed E-state index contributed by atoms with van der Waals surface area (Å²) < 4.78 is 0. The molecule has 1 rings (SSSR count). The van der Waals surface area contributed by atoms with Gasteiger partial charge in [-0.2, -0.15) is 0 Å². The molecule has 0 unspecified atom stereocenters. The maximum atomic E-state index is 11.6. The number of benzene rings is 1. The lowest BCUT2D eigenvalue weighted by molar-refractivity contribution is -0.121. The van der Waals surface area contributed by atoms with Crippen LogP contribution in [0.3, 0.4) is 0 Å². The third-order valence-electron chi connectivity index (χ3n) is 2.53. The molecule has 94 valence electrons. The van der Waals surface area contributed by atoms with E-state index in [1.54, 1.807) is 0 Å². The van der Waals surface area contributed by atoms with E-state index in [1.807, 2.05) is 31.2 Å². The lowest BCUT2D eigenvalue weighted by atomic mass is 10.1. The van der Waals surface area contributed by atoms with E-state index in [2.05, 4.69) is 21.2 Å². The fourth-order valence-corrected chi connectivity index (χ4v) is 2.05. The molecule has 0 aliphatic heterocycles. The molecular formula is C13H17BrClNO. The Morgan fingerprint density at radius 1 is 1.35 bits per heavy atom. The van der Waals surface area contributed by atoms with Gasteiger partial charge in [-0.05, 0) is 37.5 Å². The number of carbonyl (C=O) groups is 1. The lowest BCUT2D eigenvalue weighted by Gasteiger charge is -2.14. The van der Waals surface area contributed by atoms with Gasteiger partial charge in [-0.3, -0.25) is 4.79 Å². The molecule has 0 radical (unpaired) electrons. The maximum absolute atomic E-state index is 11.6. The van der Waals surface area contributed by atoms with Gasteiger partial charge >= 0.3 is 0 Å². The molecule has 0 fully saturated rings. The van der Waals surface area contributed by atoms with Crippen molar-refractivity contribution >= 4 is 33.4 Å². The molecule has 0 aromatic heterocycles. The minimum atomic E-state index is 0.0312. The largest absolute Gasteiger partial charge is 0.350 e. The van der Waals surface area contributed by atoms with E-state index in [-0.39, 0.29) is 11.9 Å². The lowest BCUT2D eigenvalue weighted by Crippen LogP contribution is -2.26. The Labute approximate surface area is 116 Å². The standard InChI is InChI=1S/C13H17BrClNO/c1-10(11-5-7-12(15)8-6-11)16-13(17)4-2-3-9-14/h5-8,10H,2-4,9H2,1H3,(H,16,17)/t10-/m0/s1. The molecular weight excluding hydrogens is 302 g/mol. The number of rotatable bonds is 6. The van der Waals surface area contributed by atoms with Crippen LogP contribution in [-0.2, 0) is 4.79 Å². The summed E-state index contributed by atoms with van der Waals surface area (Å²) in [5.41, 5.74) is 1.07. The van der Waals surface area contributed by atoms with E-state index in [0.717, 1.165) is 23.7 Å². The third kappa shape index (κ3) is 5.55. The topological polar surface area (TPSA) is 29.1 Å². The van der Waals surface area contributed by atoms with Crippen molar-refractivity contribution in [2.45, 2.75) is 32.2 Å². The van der Waals surface area contributed by atoms with Gasteiger partial charge in [0.1, 0.15) is 0 Å². The first kappa shape index (κ1) is 14.5. The number of hydrogen-bond acceptors (Lipinski definition) is 1. The molecule has 1 aromatic rings. The summed E-state index contributed by atoms with van der Waals surface area (Å²) in [6.45, 7) is 1.98.